The van der Waals surface area contributed by atoms with Crippen LogP contribution in [0.4, 0.5) is 0 Å². The summed E-state index contributed by atoms with van der Waals surface area (Å²) in [7, 11) is 4.03. The van der Waals surface area contributed by atoms with Gasteiger partial charge in [-0.1, -0.05) is 30.3 Å². The molecule has 2 N–H and O–H groups in total. The van der Waals surface area contributed by atoms with Gasteiger partial charge < -0.3 is 15.4 Å². The maximum atomic E-state index is 11.5. The lowest BCUT2D eigenvalue weighted by Crippen LogP contribution is -2.18. The predicted molar refractivity (Wildman–Crippen MR) is 85.0 cm³/mol. The molecule has 0 spiro atoms. The van der Waals surface area contributed by atoms with Gasteiger partial charge in [-0.3, -0.25) is 9.48 Å². The van der Waals surface area contributed by atoms with Crippen LogP contribution in [-0.4, -0.2) is 47.8 Å². The van der Waals surface area contributed by atoms with Crippen LogP contribution in [0.25, 0.3) is 0 Å². The smallest absolute Gasteiger partial charge is 0.267 e. The number of nitrogens with two attached hydrogens (primary N) is 1. The summed E-state index contributed by atoms with van der Waals surface area (Å²) < 4.78 is 7.18. The highest BCUT2D eigenvalue weighted by Gasteiger charge is 2.13. The molecule has 6 heteroatoms. The van der Waals surface area contributed by atoms with E-state index in [1.165, 1.54) is 0 Å². The number of carbonyl (C=O) groups excluding carboxylic acids is 1. The first kappa shape index (κ1) is 16.0. The number of hydrogen-bond donors (Lipinski definition) is 1. The molecule has 1 heterocycles. The average Bonchev–Trinajstić information content (AvgIpc) is 2.88. The van der Waals surface area contributed by atoms with E-state index < -0.39 is 5.91 Å². The molecule has 6 nitrogen and oxygen atoms in total. The maximum absolute atomic E-state index is 11.5. The Hall–Kier alpha value is -2.34. The summed E-state index contributed by atoms with van der Waals surface area (Å²) in [5.74, 6) is -0.0740. The third-order valence-electron chi connectivity index (χ3n) is 3.18. The number of nitrogens with zero attached hydrogens (tertiary/aromatic N) is 3. The van der Waals surface area contributed by atoms with Crippen molar-refractivity contribution in [2.24, 2.45) is 5.73 Å². The molecule has 1 aromatic heterocycles. The largest absolute Gasteiger partial charge is 0.477 e. The molecule has 0 bridgehead atoms. The van der Waals surface area contributed by atoms with Gasteiger partial charge in [0, 0.05) is 12.6 Å². The minimum absolute atomic E-state index is 0.353. The molecule has 0 fully saturated rings. The molecule has 0 unspecified atom stereocenters. The van der Waals surface area contributed by atoms with E-state index in [2.05, 4.69) is 10.00 Å². The van der Waals surface area contributed by atoms with Crippen molar-refractivity contribution < 1.29 is 9.53 Å². The molecule has 118 valence electrons. The SMILES string of the molecule is CN(C)CCCOc1cc(C(N)=O)n(Cc2ccccc2)n1. The molecule has 2 aromatic rings. The van der Waals surface area contributed by atoms with Crippen LogP contribution in [0, 0.1) is 0 Å². The van der Waals surface area contributed by atoms with Crippen LogP contribution in [-0.2, 0) is 6.54 Å². The van der Waals surface area contributed by atoms with Gasteiger partial charge in [-0.2, -0.15) is 0 Å². The highest BCUT2D eigenvalue weighted by Crippen LogP contribution is 2.14. The molecule has 0 aliphatic rings. The fraction of sp³-hybridized carbons (Fsp3) is 0.375. The van der Waals surface area contributed by atoms with Crippen LogP contribution >= 0.6 is 0 Å². The Bertz CT molecular complexity index is 608. The zero-order chi connectivity index (χ0) is 15.9. The summed E-state index contributed by atoms with van der Waals surface area (Å²) in [6.07, 6.45) is 0.893. The second kappa shape index (κ2) is 7.61. The van der Waals surface area contributed by atoms with E-state index in [9.17, 15) is 4.79 Å². The molecule has 2 rings (SSSR count). The Labute approximate surface area is 130 Å². The number of aromatic nitrogens is 2. The standard InChI is InChI=1S/C16H22N4O2/c1-19(2)9-6-10-22-15-11-14(16(17)21)20(18-15)12-13-7-4-3-5-8-13/h3-5,7-8,11H,6,9-10,12H2,1-2H3,(H2,17,21). The summed E-state index contributed by atoms with van der Waals surface area (Å²) in [5, 5.41) is 4.32. The second-order valence-electron chi connectivity index (χ2n) is 5.38. The van der Waals surface area contributed by atoms with E-state index in [-0.39, 0.29) is 0 Å². The Kier molecular flexibility index (Phi) is 5.55. The van der Waals surface area contributed by atoms with Crippen LogP contribution in [0.2, 0.25) is 0 Å². The van der Waals surface area contributed by atoms with E-state index in [1.54, 1.807) is 10.7 Å². The van der Waals surface area contributed by atoms with Gasteiger partial charge in [-0.25, -0.2) is 0 Å². The molecule has 0 saturated carbocycles. The Morgan fingerprint density at radius 2 is 2.05 bits per heavy atom. The number of carbonyl (C=O) groups is 1. The van der Waals surface area contributed by atoms with Gasteiger partial charge in [0.25, 0.3) is 5.91 Å². The molecular formula is C16H22N4O2. The van der Waals surface area contributed by atoms with E-state index in [1.807, 2.05) is 44.4 Å². The number of ether oxygens (including phenoxy) is 1. The first-order valence-electron chi connectivity index (χ1n) is 7.25. The van der Waals surface area contributed by atoms with Crippen LogP contribution in [0.1, 0.15) is 22.5 Å². The predicted octanol–water partition coefficient (Wildman–Crippen LogP) is 1.36. The van der Waals surface area contributed by atoms with Crippen molar-refractivity contribution in [3.63, 3.8) is 0 Å². The monoisotopic (exact) mass is 302 g/mol. The lowest BCUT2D eigenvalue weighted by molar-refractivity contribution is 0.0990. The Balaban J connectivity index is 2.04. The van der Waals surface area contributed by atoms with Crippen LogP contribution in [0.3, 0.4) is 0 Å². The summed E-state index contributed by atoms with van der Waals surface area (Å²) >= 11 is 0. The molecular weight excluding hydrogens is 280 g/mol. The van der Waals surface area contributed by atoms with Gasteiger partial charge in [-0.05, 0) is 26.1 Å². The van der Waals surface area contributed by atoms with Crippen molar-refractivity contribution in [2.75, 3.05) is 27.2 Å². The third-order valence-corrected chi connectivity index (χ3v) is 3.18. The Morgan fingerprint density at radius 1 is 1.32 bits per heavy atom. The summed E-state index contributed by atoms with van der Waals surface area (Å²) in [6.45, 7) is 1.98. The Morgan fingerprint density at radius 3 is 2.68 bits per heavy atom. The van der Waals surface area contributed by atoms with Gasteiger partial charge in [-0.15, -0.1) is 5.10 Å². The van der Waals surface area contributed by atoms with E-state index >= 15 is 0 Å². The van der Waals surface area contributed by atoms with Crippen LogP contribution in [0.15, 0.2) is 36.4 Å². The van der Waals surface area contributed by atoms with Crippen LogP contribution < -0.4 is 10.5 Å². The number of benzene rings is 1. The molecule has 0 saturated heterocycles. The van der Waals surface area contributed by atoms with Gasteiger partial charge in [0.05, 0.1) is 13.2 Å². The lowest BCUT2D eigenvalue weighted by Gasteiger charge is -2.08. The molecule has 0 aliphatic carbocycles. The lowest BCUT2D eigenvalue weighted by atomic mass is 10.2. The number of primary amides is 1. The fourth-order valence-corrected chi connectivity index (χ4v) is 2.10. The van der Waals surface area contributed by atoms with Crippen molar-refractivity contribution in [1.82, 2.24) is 14.7 Å². The van der Waals surface area contributed by atoms with Crippen molar-refractivity contribution in [1.29, 1.82) is 0 Å². The molecule has 0 atom stereocenters. The van der Waals surface area contributed by atoms with Crippen LogP contribution in [0.5, 0.6) is 5.88 Å². The molecule has 1 amide bonds. The molecule has 0 aliphatic heterocycles. The normalized spacial score (nSPS) is 10.9. The highest BCUT2D eigenvalue weighted by atomic mass is 16.5. The van der Waals surface area contributed by atoms with E-state index in [4.69, 9.17) is 10.5 Å². The minimum Gasteiger partial charge on any atom is -0.477 e. The van der Waals surface area contributed by atoms with Crippen molar-refractivity contribution in [3.05, 3.63) is 47.7 Å². The van der Waals surface area contributed by atoms with Crippen molar-refractivity contribution in [3.8, 4) is 5.88 Å². The van der Waals surface area contributed by atoms with Crippen molar-refractivity contribution in [2.45, 2.75) is 13.0 Å². The van der Waals surface area contributed by atoms with Gasteiger partial charge in [0.2, 0.25) is 5.88 Å². The van der Waals surface area contributed by atoms with E-state index in [0.29, 0.717) is 24.7 Å². The minimum atomic E-state index is -0.508. The number of hydrogen-bond acceptors (Lipinski definition) is 4. The van der Waals surface area contributed by atoms with E-state index in [0.717, 1.165) is 18.5 Å². The number of amides is 1. The first-order valence-corrected chi connectivity index (χ1v) is 7.25. The summed E-state index contributed by atoms with van der Waals surface area (Å²) in [6, 6.07) is 11.4. The van der Waals surface area contributed by atoms with Crippen molar-refractivity contribution >= 4 is 5.91 Å². The second-order valence-corrected chi connectivity index (χ2v) is 5.38. The zero-order valence-electron chi connectivity index (χ0n) is 13.0. The topological polar surface area (TPSA) is 73.4 Å². The fourth-order valence-electron chi connectivity index (χ4n) is 2.10. The molecule has 0 radical (unpaired) electrons. The molecule has 1 aromatic carbocycles. The number of rotatable bonds is 8. The quantitative estimate of drug-likeness (QED) is 0.747. The summed E-state index contributed by atoms with van der Waals surface area (Å²) in [4.78, 5) is 13.6. The van der Waals surface area contributed by atoms with Gasteiger partial charge in [0.15, 0.2) is 0 Å². The maximum Gasteiger partial charge on any atom is 0.267 e. The zero-order valence-corrected chi connectivity index (χ0v) is 13.0. The van der Waals surface area contributed by atoms with Gasteiger partial charge >= 0.3 is 0 Å². The highest BCUT2D eigenvalue weighted by molar-refractivity contribution is 5.91. The molecule has 22 heavy (non-hydrogen) atoms. The third kappa shape index (κ3) is 4.60. The van der Waals surface area contributed by atoms with Gasteiger partial charge in [0.1, 0.15) is 5.69 Å². The first-order chi connectivity index (χ1) is 10.6. The average molecular weight is 302 g/mol. The summed E-state index contributed by atoms with van der Waals surface area (Å²) in [5.41, 5.74) is 6.82.